The number of hydrogen-bond acceptors (Lipinski definition) is 4. The highest BCUT2D eigenvalue weighted by molar-refractivity contribution is 7.17. The lowest BCUT2D eigenvalue weighted by Crippen LogP contribution is -2.01. The lowest BCUT2D eigenvalue weighted by molar-refractivity contribution is 0.0663. The predicted octanol–water partition coefficient (Wildman–Crippen LogP) is 4.10. The van der Waals surface area contributed by atoms with Crippen LogP contribution in [0.5, 0.6) is 0 Å². The highest BCUT2D eigenvalue weighted by Crippen LogP contribution is 2.33. The summed E-state index contributed by atoms with van der Waals surface area (Å²) in [6, 6.07) is 15.2. The van der Waals surface area contributed by atoms with Gasteiger partial charge in [-0.25, -0.2) is 4.79 Å². The minimum Gasteiger partial charge on any atom is -0.475 e. The van der Waals surface area contributed by atoms with Crippen LogP contribution in [-0.2, 0) is 6.54 Å². The van der Waals surface area contributed by atoms with Crippen molar-refractivity contribution >= 4 is 27.5 Å². The van der Waals surface area contributed by atoms with E-state index < -0.39 is 5.97 Å². The Morgan fingerprint density at radius 3 is 2.74 bits per heavy atom. The number of carbonyl (C=O) groups is 1. The van der Waals surface area contributed by atoms with Gasteiger partial charge in [-0.05, 0) is 29.1 Å². The summed E-state index contributed by atoms with van der Waals surface area (Å²) in [4.78, 5) is 11.0. The Kier molecular flexibility index (Phi) is 3.24. The van der Waals surface area contributed by atoms with Crippen LogP contribution in [0, 0.1) is 0 Å². The second-order valence-electron chi connectivity index (χ2n) is 5.10. The molecule has 0 spiro atoms. The molecule has 23 heavy (non-hydrogen) atoms. The average Bonchev–Trinajstić information content (AvgIpc) is 3.25. The van der Waals surface area contributed by atoms with E-state index in [4.69, 9.17) is 9.52 Å². The number of thiophene rings is 1. The fourth-order valence-electron chi connectivity index (χ4n) is 2.52. The third-order valence-corrected chi connectivity index (χ3v) is 4.49. The van der Waals surface area contributed by atoms with E-state index in [2.05, 4.69) is 17.2 Å². The van der Waals surface area contributed by atoms with Gasteiger partial charge >= 0.3 is 5.97 Å². The van der Waals surface area contributed by atoms with Crippen LogP contribution < -0.4 is 0 Å². The molecule has 6 heteroatoms. The van der Waals surface area contributed by atoms with E-state index in [1.807, 2.05) is 34.3 Å². The summed E-state index contributed by atoms with van der Waals surface area (Å²) < 4.78 is 8.31. The quantitative estimate of drug-likeness (QED) is 0.613. The zero-order valence-electron chi connectivity index (χ0n) is 12.0. The monoisotopic (exact) mass is 324 g/mol. The first-order chi connectivity index (χ1) is 11.2. The van der Waals surface area contributed by atoms with Crippen molar-refractivity contribution in [1.82, 2.24) is 9.78 Å². The zero-order chi connectivity index (χ0) is 15.8. The maximum absolute atomic E-state index is 11.0. The van der Waals surface area contributed by atoms with E-state index in [0.29, 0.717) is 18.0 Å². The van der Waals surface area contributed by atoms with E-state index >= 15 is 0 Å². The van der Waals surface area contributed by atoms with Gasteiger partial charge in [0.05, 0.1) is 16.8 Å². The third kappa shape index (κ3) is 2.43. The molecule has 0 atom stereocenters. The zero-order valence-corrected chi connectivity index (χ0v) is 12.8. The maximum Gasteiger partial charge on any atom is 0.371 e. The van der Waals surface area contributed by atoms with Crippen molar-refractivity contribution in [3.8, 4) is 11.5 Å². The molecule has 0 saturated carbocycles. The van der Waals surface area contributed by atoms with Gasteiger partial charge in [0, 0.05) is 0 Å². The molecule has 3 aromatic heterocycles. The normalized spacial score (nSPS) is 11.1. The fraction of sp³-hybridized carbons (Fsp3) is 0.0588. The first-order valence-corrected chi connectivity index (χ1v) is 7.92. The van der Waals surface area contributed by atoms with E-state index in [-0.39, 0.29) is 5.76 Å². The molecule has 0 unspecified atom stereocenters. The molecule has 5 nitrogen and oxygen atoms in total. The van der Waals surface area contributed by atoms with Crippen molar-refractivity contribution in [3.63, 3.8) is 0 Å². The van der Waals surface area contributed by atoms with Crippen molar-refractivity contribution in [2.45, 2.75) is 6.54 Å². The molecular weight excluding hydrogens is 312 g/mol. The van der Waals surface area contributed by atoms with Crippen LogP contribution in [-0.4, -0.2) is 20.9 Å². The molecule has 1 N–H and O–H groups in total. The van der Waals surface area contributed by atoms with Crippen LogP contribution in [0.2, 0.25) is 0 Å². The molecule has 1 aromatic carbocycles. The minimum atomic E-state index is -1.08. The Morgan fingerprint density at radius 2 is 2.00 bits per heavy atom. The maximum atomic E-state index is 11.0. The Balaban J connectivity index is 1.79. The van der Waals surface area contributed by atoms with Gasteiger partial charge in [0.15, 0.2) is 5.76 Å². The Morgan fingerprint density at radius 1 is 1.17 bits per heavy atom. The van der Waals surface area contributed by atoms with Crippen LogP contribution in [0.25, 0.3) is 21.7 Å². The van der Waals surface area contributed by atoms with Crippen molar-refractivity contribution in [1.29, 1.82) is 0 Å². The molecule has 0 aliphatic heterocycles. The summed E-state index contributed by atoms with van der Waals surface area (Å²) in [5, 5.41) is 15.6. The van der Waals surface area contributed by atoms with Crippen molar-refractivity contribution in [2.24, 2.45) is 0 Å². The molecule has 4 rings (SSSR count). The Labute approximate surface area is 135 Å². The average molecular weight is 324 g/mol. The number of carboxylic acids is 1. The van der Waals surface area contributed by atoms with Crippen LogP contribution in [0.15, 0.2) is 58.3 Å². The van der Waals surface area contributed by atoms with Crippen LogP contribution in [0.1, 0.15) is 16.1 Å². The van der Waals surface area contributed by atoms with Crippen molar-refractivity contribution < 1.29 is 14.3 Å². The summed E-state index contributed by atoms with van der Waals surface area (Å²) in [5.74, 6) is -0.689. The summed E-state index contributed by atoms with van der Waals surface area (Å²) in [7, 11) is 0. The molecule has 114 valence electrons. The topological polar surface area (TPSA) is 68.3 Å². The lowest BCUT2D eigenvalue weighted by atomic mass is 10.2. The van der Waals surface area contributed by atoms with Crippen LogP contribution in [0.4, 0.5) is 0 Å². The van der Waals surface area contributed by atoms with Crippen LogP contribution >= 0.6 is 11.3 Å². The Bertz CT molecular complexity index is 982. The molecule has 0 fully saturated rings. The molecule has 0 aliphatic rings. The molecule has 0 radical (unpaired) electrons. The summed E-state index contributed by atoms with van der Waals surface area (Å²) in [5.41, 5.74) is 2.85. The van der Waals surface area contributed by atoms with Crippen molar-refractivity contribution in [2.75, 3.05) is 0 Å². The smallest absolute Gasteiger partial charge is 0.371 e. The largest absolute Gasteiger partial charge is 0.475 e. The first kappa shape index (κ1) is 13.8. The summed E-state index contributed by atoms with van der Waals surface area (Å²) in [6.45, 7) is 0.653. The van der Waals surface area contributed by atoms with Gasteiger partial charge in [0.25, 0.3) is 0 Å². The van der Waals surface area contributed by atoms with E-state index in [1.54, 1.807) is 17.4 Å². The number of rotatable bonds is 4. The van der Waals surface area contributed by atoms with Gasteiger partial charge in [0.1, 0.15) is 5.69 Å². The first-order valence-electron chi connectivity index (χ1n) is 7.04. The van der Waals surface area contributed by atoms with Gasteiger partial charge in [-0.3, -0.25) is 4.68 Å². The third-order valence-electron chi connectivity index (χ3n) is 3.58. The molecular formula is C17H12N2O3S. The minimum absolute atomic E-state index is 0.0812. The van der Waals surface area contributed by atoms with Gasteiger partial charge in [-0.1, -0.05) is 30.3 Å². The predicted molar refractivity (Wildman–Crippen MR) is 87.8 cm³/mol. The second-order valence-corrected chi connectivity index (χ2v) is 6.01. The highest BCUT2D eigenvalue weighted by atomic mass is 32.1. The molecule has 0 saturated heterocycles. The van der Waals surface area contributed by atoms with E-state index in [9.17, 15) is 4.79 Å². The molecule has 0 bridgehead atoms. The Hall–Kier alpha value is -2.86. The molecule has 0 amide bonds. The van der Waals surface area contributed by atoms with Gasteiger partial charge < -0.3 is 9.52 Å². The van der Waals surface area contributed by atoms with Gasteiger partial charge in [0.2, 0.25) is 5.76 Å². The number of carboxylic acid groups (broad SMARTS) is 1. The number of hydrogen-bond donors (Lipinski definition) is 1. The summed E-state index contributed by atoms with van der Waals surface area (Å²) >= 11 is 1.57. The number of aromatic carboxylic acids is 1. The lowest BCUT2D eigenvalue weighted by Gasteiger charge is -2.02. The van der Waals surface area contributed by atoms with Crippen LogP contribution in [0.3, 0.4) is 0 Å². The number of nitrogens with zero attached hydrogens (tertiary/aromatic N) is 2. The number of fused-ring (bicyclic) bond motifs is 1. The highest BCUT2D eigenvalue weighted by Gasteiger charge is 2.18. The number of aromatic nitrogens is 2. The van der Waals surface area contributed by atoms with Gasteiger partial charge in [-0.15, -0.1) is 11.3 Å². The molecule has 4 aromatic rings. The second kappa shape index (κ2) is 5.40. The summed E-state index contributed by atoms with van der Waals surface area (Å²) in [6.07, 6.45) is 0. The molecule has 0 aliphatic carbocycles. The van der Waals surface area contributed by atoms with E-state index in [1.165, 1.54) is 6.07 Å². The fourth-order valence-corrected chi connectivity index (χ4v) is 3.40. The number of benzene rings is 1. The SMILES string of the molecule is O=C(O)c1ccc(-c2nn(Cc3ccccc3)c3ccsc23)o1. The van der Waals surface area contributed by atoms with E-state index in [0.717, 1.165) is 15.8 Å². The van der Waals surface area contributed by atoms with Crippen molar-refractivity contribution in [3.05, 3.63) is 65.2 Å². The van der Waals surface area contributed by atoms with Gasteiger partial charge in [-0.2, -0.15) is 5.10 Å². The molecule has 3 heterocycles. The number of furan rings is 1. The standard InChI is InChI=1S/C17H12N2O3S/c20-17(21)14-7-6-13(22-14)15-16-12(8-9-23-16)19(18-15)10-11-4-2-1-3-5-11/h1-9H,10H2,(H,20,21).